The van der Waals surface area contributed by atoms with E-state index in [2.05, 4.69) is 5.32 Å². The molecule has 0 saturated carbocycles. The number of fused-ring (bicyclic) bond motifs is 1. The zero-order chi connectivity index (χ0) is 25.9. The average molecular weight is 544 g/mol. The number of carbonyl (C=O) groups is 2. The lowest BCUT2D eigenvalue weighted by Gasteiger charge is -2.32. The Labute approximate surface area is 214 Å². The Morgan fingerprint density at radius 2 is 1.69 bits per heavy atom. The van der Waals surface area contributed by atoms with E-state index in [9.17, 15) is 18.0 Å². The summed E-state index contributed by atoms with van der Waals surface area (Å²) in [6, 6.07) is 8.40. The van der Waals surface area contributed by atoms with Crippen molar-refractivity contribution in [1.29, 1.82) is 0 Å². The van der Waals surface area contributed by atoms with Crippen molar-refractivity contribution in [3.8, 4) is 11.5 Å². The van der Waals surface area contributed by atoms with Gasteiger partial charge < -0.3 is 19.7 Å². The van der Waals surface area contributed by atoms with E-state index in [4.69, 9.17) is 32.7 Å². The quantitative estimate of drug-likeness (QED) is 0.519. The number of nitrogens with one attached hydrogen (secondary N) is 1. The summed E-state index contributed by atoms with van der Waals surface area (Å²) < 4.78 is 36.9. The molecule has 0 aliphatic carbocycles. The van der Waals surface area contributed by atoms with Gasteiger partial charge in [-0.25, -0.2) is 8.42 Å². The Balaban J connectivity index is 1.96. The highest BCUT2D eigenvalue weighted by molar-refractivity contribution is 7.92. The Morgan fingerprint density at radius 3 is 2.29 bits per heavy atom. The van der Waals surface area contributed by atoms with Gasteiger partial charge in [0, 0.05) is 34.3 Å². The first-order valence-corrected chi connectivity index (χ1v) is 13.4. The maximum Gasteiger partial charge on any atom is 0.244 e. The lowest BCUT2D eigenvalue weighted by molar-refractivity contribution is -0.139. The molecule has 9 nitrogen and oxygen atoms in total. The zero-order valence-electron chi connectivity index (χ0n) is 19.7. The predicted octanol–water partition coefficient (Wildman–Crippen LogP) is 3.43. The summed E-state index contributed by atoms with van der Waals surface area (Å²) in [7, 11) is -3.88. The second kappa shape index (κ2) is 10.9. The first-order chi connectivity index (χ1) is 16.4. The summed E-state index contributed by atoms with van der Waals surface area (Å²) in [5.74, 6) is -0.170. The third-order valence-electron chi connectivity index (χ3n) is 5.31. The molecule has 0 bridgehead atoms. The van der Waals surface area contributed by atoms with Crippen molar-refractivity contribution in [1.82, 2.24) is 10.2 Å². The maximum atomic E-state index is 13.6. The molecule has 12 heteroatoms. The lowest BCUT2D eigenvalue weighted by Crippen LogP contribution is -2.52. The zero-order valence-corrected chi connectivity index (χ0v) is 22.1. The van der Waals surface area contributed by atoms with Gasteiger partial charge in [0.25, 0.3) is 0 Å². The molecule has 1 N–H and O–H groups in total. The number of sulfonamides is 1. The Morgan fingerprint density at radius 1 is 1.06 bits per heavy atom. The highest BCUT2D eigenvalue weighted by Gasteiger charge is 2.31. The first kappa shape index (κ1) is 26.9. The van der Waals surface area contributed by atoms with E-state index in [1.807, 2.05) is 0 Å². The molecule has 2 aromatic rings. The topological polar surface area (TPSA) is 105 Å². The molecule has 1 atom stereocenters. The van der Waals surface area contributed by atoms with Crippen molar-refractivity contribution in [3.63, 3.8) is 0 Å². The van der Waals surface area contributed by atoms with Gasteiger partial charge in [-0.15, -0.1) is 0 Å². The van der Waals surface area contributed by atoms with Crippen LogP contribution in [0.5, 0.6) is 11.5 Å². The summed E-state index contributed by atoms with van der Waals surface area (Å²) >= 11 is 12.6. The summed E-state index contributed by atoms with van der Waals surface area (Å²) in [6.07, 6.45) is 0.995. The van der Waals surface area contributed by atoms with Gasteiger partial charge in [0.05, 0.1) is 11.9 Å². The fourth-order valence-electron chi connectivity index (χ4n) is 3.50. The average Bonchev–Trinajstić information content (AvgIpc) is 3.23. The molecule has 1 aliphatic heterocycles. The molecule has 1 heterocycles. The molecule has 1 unspecified atom stereocenters. The van der Waals surface area contributed by atoms with E-state index in [1.165, 1.54) is 17.0 Å². The SMILES string of the molecule is CC(C)NC(=O)C(C)N(Cc1c(Cl)cccc1Cl)C(=O)CN(c1ccc2c(c1)OCO2)S(C)(=O)=O. The Hall–Kier alpha value is -2.69. The van der Waals surface area contributed by atoms with Crippen molar-refractivity contribution < 1.29 is 27.5 Å². The molecule has 0 aromatic heterocycles. The highest BCUT2D eigenvalue weighted by Crippen LogP contribution is 2.36. The minimum Gasteiger partial charge on any atom is -0.454 e. The number of amides is 2. The maximum absolute atomic E-state index is 13.6. The number of benzene rings is 2. The van der Waals surface area contributed by atoms with E-state index in [0.29, 0.717) is 27.1 Å². The fourth-order valence-corrected chi connectivity index (χ4v) is 4.85. The number of rotatable bonds is 9. The molecule has 1 aliphatic rings. The van der Waals surface area contributed by atoms with E-state index < -0.39 is 34.4 Å². The van der Waals surface area contributed by atoms with Gasteiger partial charge in [-0.2, -0.15) is 0 Å². The number of hydrogen-bond acceptors (Lipinski definition) is 6. The monoisotopic (exact) mass is 543 g/mol. The molecule has 0 saturated heterocycles. The molecular formula is C23H27Cl2N3O6S. The number of halogens is 2. The minimum atomic E-state index is -3.88. The largest absolute Gasteiger partial charge is 0.454 e. The van der Waals surface area contributed by atoms with Crippen LogP contribution >= 0.6 is 23.2 Å². The minimum absolute atomic E-state index is 0.0193. The molecule has 3 rings (SSSR count). The third kappa shape index (κ3) is 6.50. The van der Waals surface area contributed by atoms with Gasteiger partial charge in [0.1, 0.15) is 12.6 Å². The number of carbonyl (C=O) groups excluding carboxylic acids is 2. The van der Waals surface area contributed by atoms with Gasteiger partial charge >= 0.3 is 0 Å². The summed E-state index contributed by atoms with van der Waals surface area (Å²) in [6.45, 7) is 4.53. The molecular weight excluding hydrogens is 517 g/mol. The van der Waals surface area contributed by atoms with Gasteiger partial charge in [-0.3, -0.25) is 13.9 Å². The molecule has 190 valence electrons. The highest BCUT2D eigenvalue weighted by atomic mass is 35.5. The molecule has 0 spiro atoms. The van der Waals surface area contributed by atoms with Crippen LogP contribution in [0.2, 0.25) is 10.0 Å². The van der Waals surface area contributed by atoms with Crippen LogP contribution in [0.15, 0.2) is 36.4 Å². The first-order valence-electron chi connectivity index (χ1n) is 10.8. The van der Waals surface area contributed by atoms with Crippen LogP contribution in [0.3, 0.4) is 0 Å². The van der Waals surface area contributed by atoms with Gasteiger partial charge in [-0.05, 0) is 45.0 Å². The molecule has 2 aromatic carbocycles. The summed E-state index contributed by atoms with van der Waals surface area (Å²) in [5.41, 5.74) is 0.669. The van der Waals surface area contributed by atoms with Gasteiger partial charge in [-0.1, -0.05) is 29.3 Å². The second-order valence-electron chi connectivity index (χ2n) is 8.37. The van der Waals surface area contributed by atoms with Crippen molar-refractivity contribution in [2.75, 3.05) is 23.9 Å². The number of nitrogens with zero attached hydrogens (tertiary/aromatic N) is 2. The van der Waals surface area contributed by atoms with Crippen molar-refractivity contribution in [3.05, 3.63) is 52.0 Å². The van der Waals surface area contributed by atoms with Gasteiger partial charge in [0.15, 0.2) is 11.5 Å². The summed E-state index contributed by atoms with van der Waals surface area (Å²) in [5, 5.41) is 3.42. The number of anilines is 1. The van der Waals surface area contributed by atoms with Crippen LogP contribution in [-0.4, -0.2) is 56.8 Å². The van der Waals surface area contributed by atoms with Crippen molar-refractivity contribution in [2.24, 2.45) is 0 Å². The normalized spacial score (nSPS) is 13.5. The standard InChI is InChI=1S/C23H27Cl2N3O6S/c1-14(2)26-23(30)15(3)27(11-17-18(24)6-5-7-19(17)25)22(29)12-28(35(4,31)32)16-8-9-20-21(10-16)34-13-33-20/h5-10,14-15H,11-13H2,1-4H3,(H,26,30). The molecule has 0 radical (unpaired) electrons. The second-order valence-corrected chi connectivity index (χ2v) is 11.1. The van der Waals surface area contributed by atoms with Crippen LogP contribution in [-0.2, 0) is 26.2 Å². The van der Waals surface area contributed by atoms with E-state index in [-0.39, 0.29) is 25.1 Å². The lowest BCUT2D eigenvalue weighted by atomic mass is 10.1. The van der Waals surface area contributed by atoms with Crippen molar-refractivity contribution in [2.45, 2.75) is 39.4 Å². The fraction of sp³-hybridized carbons (Fsp3) is 0.391. The van der Waals surface area contributed by atoms with E-state index in [0.717, 1.165) is 10.6 Å². The van der Waals surface area contributed by atoms with Crippen LogP contribution in [0, 0.1) is 0 Å². The predicted molar refractivity (Wildman–Crippen MR) is 135 cm³/mol. The van der Waals surface area contributed by atoms with Crippen LogP contribution in [0.25, 0.3) is 0 Å². The summed E-state index contributed by atoms with van der Waals surface area (Å²) in [4.78, 5) is 27.6. The van der Waals surface area contributed by atoms with E-state index >= 15 is 0 Å². The Bertz CT molecular complexity index is 1200. The van der Waals surface area contributed by atoms with Crippen LogP contribution < -0.4 is 19.1 Å². The van der Waals surface area contributed by atoms with Crippen LogP contribution in [0.1, 0.15) is 26.3 Å². The molecule has 2 amide bonds. The van der Waals surface area contributed by atoms with Crippen LogP contribution in [0.4, 0.5) is 5.69 Å². The third-order valence-corrected chi connectivity index (χ3v) is 7.16. The van der Waals surface area contributed by atoms with E-state index in [1.54, 1.807) is 45.0 Å². The molecule has 35 heavy (non-hydrogen) atoms. The van der Waals surface area contributed by atoms with Crippen molar-refractivity contribution >= 4 is 50.7 Å². The number of hydrogen-bond donors (Lipinski definition) is 1. The van der Waals surface area contributed by atoms with Gasteiger partial charge in [0.2, 0.25) is 28.6 Å². The Kier molecular flexibility index (Phi) is 8.40. The molecule has 0 fully saturated rings. The smallest absolute Gasteiger partial charge is 0.244 e. The number of ether oxygens (including phenoxy) is 2.